The lowest BCUT2D eigenvalue weighted by atomic mass is 10.4. The van der Waals surface area contributed by atoms with Gasteiger partial charge in [-0.05, 0) is 24.3 Å². The maximum absolute atomic E-state index is 12.0. The van der Waals surface area contributed by atoms with Gasteiger partial charge in [-0.1, -0.05) is 16.8 Å². The Morgan fingerprint density at radius 1 is 1.28 bits per heavy atom. The number of carbonyl (C=O) groups excluding carboxylic acids is 1. The van der Waals surface area contributed by atoms with Crippen molar-refractivity contribution in [3.05, 3.63) is 29.3 Å². The number of carbonyl (C=O) groups is 1. The molecule has 0 aliphatic heterocycles. The van der Waals surface area contributed by atoms with Crippen molar-refractivity contribution in [1.29, 1.82) is 0 Å². The molecule has 1 aromatic rings. The van der Waals surface area contributed by atoms with Gasteiger partial charge in [0.25, 0.3) is 11.0 Å². The number of oxime groups is 1. The molecule has 6 nitrogen and oxygen atoms in total. The van der Waals surface area contributed by atoms with Gasteiger partial charge in [0.05, 0.1) is 4.90 Å². The number of halogens is 1. The Labute approximate surface area is 109 Å². The van der Waals surface area contributed by atoms with Gasteiger partial charge >= 0.3 is 0 Å². The number of benzene rings is 1. The van der Waals surface area contributed by atoms with Gasteiger partial charge in [-0.2, -0.15) is 0 Å². The van der Waals surface area contributed by atoms with E-state index in [1.165, 1.54) is 38.4 Å². The van der Waals surface area contributed by atoms with Gasteiger partial charge in [-0.25, -0.2) is 8.42 Å². The molecule has 0 aliphatic rings. The van der Waals surface area contributed by atoms with E-state index in [9.17, 15) is 13.2 Å². The molecule has 0 saturated carbocycles. The van der Waals surface area contributed by atoms with Crippen LogP contribution in [0, 0.1) is 0 Å². The molecule has 0 saturated heterocycles. The molecular weight excluding hydrogens is 280 g/mol. The first kappa shape index (κ1) is 14.5. The lowest BCUT2D eigenvalue weighted by Gasteiger charge is -2.11. The van der Waals surface area contributed by atoms with E-state index >= 15 is 0 Å². The fraction of sp³-hybridized carbons (Fsp3) is 0.200. The molecule has 18 heavy (non-hydrogen) atoms. The van der Waals surface area contributed by atoms with E-state index in [1.54, 1.807) is 0 Å². The third-order valence-electron chi connectivity index (χ3n) is 2.06. The molecule has 98 valence electrons. The topological polar surface area (TPSA) is 87.0 Å². The van der Waals surface area contributed by atoms with Crippen LogP contribution in [0.2, 0.25) is 5.02 Å². The van der Waals surface area contributed by atoms with Crippen LogP contribution in [0.25, 0.3) is 0 Å². The Morgan fingerprint density at radius 3 is 2.17 bits per heavy atom. The average Bonchev–Trinajstić information content (AvgIpc) is 2.29. The molecule has 0 atom stereocenters. The molecule has 1 amide bonds. The highest BCUT2D eigenvalue weighted by Gasteiger charge is 2.31. The van der Waals surface area contributed by atoms with Crippen LogP contribution in [0.15, 0.2) is 34.3 Å². The molecule has 8 heteroatoms. The molecule has 1 rings (SSSR count). The molecule has 0 spiro atoms. The number of hydrogen-bond donors (Lipinski definition) is 1. The van der Waals surface area contributed by atoms with Crippen LogP contribution in [-0.4, -0.2) is 43.6 Å². The summed E-state index contributed by atoms with van der Waals surface area (Å²) in [4.78, 5) is 12.4. The van der Waals surface area contributed by atoms with Crippen molar-refractivity contribution in [3.63, 3.8) is 0 Å². The molecule has 0 aromatic heterocycles. The number of rotatable bonds is 1. The summed E-state index contributed by atoms with van der Waals surface area (Å²) >= 11 is 5.64. The summed E-state index contributed by atoms with van der Waals surface area (Å²) < 4.78 is 24.1. The van der Waals surface area contributed by atoms with Gasteiger partial charge in [0.1, 0.15) is 0 Å². The van der Waals surface area contributed by atoms with E-state index in [1.807, 2.05) is 0 Å². The molecule has 1 N–H and O–H groups in total. The standard InChI is InChI=1S/C10H11ClN2O4S/c1-13(2)10(14)9(12-15)18(16,17)8-5-3-7(11)4-6-8/h3-6,15H,1-2H3/b12-9+. The zero-order valence-electron chi connectivity index (χ0n) is 9.66. The predicted octanol–water partition coefficient (Wildman–Crippen LogP) is 0.990. The minimum atomic E-state index is -4.16. The Hall–Kier alpha value is -1.60. The maximum Gasteiger partial charge on any atom is 0.287 e. The van der Waals surface area contributed by atoms with Crippen LogP contribution >= 0.6 is 11.6 Å². The van der Waals surface area contributed by atoms with E-state index < -0.39 is 20.8 Å². The highest BCUT2D eigenvalue weighted by molar-refractivity contribution is 8.08. The first-order chi connectivity index (χ1) is 8.30. The van der Waals surface area contributed by atoms with Crippen LogP contribution in [0.4, 0.5) is 0 Å². The number of amides is 1. The second-order valence-corrected chi connectivity index (χ2v) is 5.86. The summed E-state index contributed by atoms with van der Waals surface area (Å²) in [7, 11) is -1.46. The van der Waals surface area contributed by atoms with Gasteiger partial charge in [0, 0.05) is 19.1 Å². The van der Waals surface area contributed by atoms with E-state index in [4.69, 9.17) is 16.8 Å². The molecule has 0 aliphatic carbocycles. The van der Waals surface area contributed by atoms with Crippen molar-refractivity contribution in [2.24, 2.45) is 5.16 Å². The number of nitrogens with zero attached hydrogens (tertiary/aromatic N) is 2. The molecular formula is C10H11ClN2O4S. The normalized spacial score (nSPS) is 12.3. The highest BCUT2D eigenvalue weighted by atomic mass is 35.5. The summed E-state index contributed by atoms with van der Waals surface area (Å²) in [6.07, 6.45) is 0. The molecule has 1 aromatic carbocycles. The van der Waals surface area contributed by atoms with Gasteiger partial charge in [0.15, 0.2) is 0 Å². The molecule has 0 heterocycles. The lowest BCUT2D eigenvalue weighted by molar-refractivity contribution is -0.121. The van der Waals surface area contributed by atoms with Crippen molar-refractivity contribution >= 4 is 32.4 Å². The molecule has 0 radical (unpaired) electrons. The second kappa shape index (κ2) is 5.36. The fourth-order valence-corrected chi connectivity index (χ4v) is 2.49. The fourth-order valence-electron chi connectivity index (χ4n) is 1.13. The third-order valence-corrected chi connectivity index (χ3v) is 3.97. The SMILES string of the molecule is CN(C)C(=O)/C(=N\O)S(=O)(=O)c1ccc(Cl)cc1. The quantitative estimate of drug-likeness (QED) is 0.362. The molecule has 0 fully saturated rings. The zero-order chi connectivity index (χ0) is 13.9. The molecule has 0 unspecified atom stereocenters. The smallest absolute Gasteiger partial charge is 0.287 e. The minimum absolute atomic E-state index is 0.171. The van der Waals surface area contributed by atoms with Crippen LogP contribution in [0.5, 0.6) is 0 Å². The van der Waals surface area contributed by atoms with Gasteiger partial charge < -0.3 is 10.1 Å². The van der Waals surface area contributed by atoms with E-state index in [0.717, 1.165) is 4.90 Å². The first-order valence-electron chi connectivity index (χ1n) is 4.75. The van der Waals surface area contributed by atoms with Crippen LogP contribution in [-0.2, 0) is 14.6 Å². The predicted molar refractivity (Wildman–Crippen MR) is 66.6 cm³/mol. The summed E-state index contributed by atoms with van der Waals surface area (Å²) in [6.45, 7) is 0. The number of hydrogen-bond acceptors (Lipinski definition) is 5. The number of sulfone groups is 1. The summed E-state index contributed by atoms with van der Waals surface area (Å²) in [5.41, 5.74) is 0. The van der Waals surface area contributed by atoms with E-state index in [-0.39, 0.29) is 4.90 Å². The van der Waals surface area contributed by atoms with Crippen molar-refractivity contribution in [2.75, 3.05) is 14.1 Å². The van der Waals surface area contributed by atoms with Crippen molar-refractivity contribution in [3.8, 4) is 0 Å². The largest absolute Gasteiger partial charge is 0.410 e. The van der Waals surface area contributed by atoms with Crippen LogP contribution in [0.1, 0.15) is 0 Å². The summed E-state index contributed by atoms with van der Waals surface area (Å²) in [6, 6.07) is 5.19. The Balaban J connectivity index is 3.29. The van der Waals surface area contributed by atoms with Crippen molar-refractivity contribution in [2.45, 2.75) is 4.90 Å². The van der Waals surface area contributed by atoms with Crippen molar-refractivity contribution in [1.82, 2.24) is 4.90 Å². The van der Waals surface area contributed by atoms with Crippen molar-refractivity contribution < 1.29 is 18.4 Å². The zero-order valence-corrected chi connectivity index (χ0v) is 11.2. The van der Waals surface area contributed by atoms with Gasteiger partial charge in [-0.15, -0.1) is 0 Å². The van der Waals surface area contributed by atoms with E-state index in [2.05, 4.69) is 5.16 Å². The highest BCUT2D eigenvalue weighted by Crippen LogP contribution is 2.17. The summed E-state index contributed by atoms with van der Waals surface area (Å²) in [5, 5.41) is 10.7. The monoisotopic (exact) mass is 290 g/mol. The Kier molecular flexibility index (Phi) is 4.31. The lowest BCUT2D eigenvalue weighted by Crippen LogP contribution is -2.35. The Morgan fingerprint density at radius 2 is 1.78 bits per heavy atom. The Bertz CT molecular complexity index is 578. The summed E-state index contributed by atoms with van der Waals surface area (Å²) in [5.74, 6) is -0.910. The van der Waals surface area contributed by atoms with Crippen LogP contribution < -0.4 is 0 Å². The minimum Gasteiger partial charge on any atom is -0.410 e. The second-order valence-electron chi connectivity index (χ2n) is 3.56. The average molecular weight is 291 g/mol. The van der Waals surface area contributed by atoms with E-state index in [0.29, 0.717) is 5.02 Å². The molecule has 0 bridgehead atoms. The van der Waals surface area contributed by atoms with Gasteiger partial charge in [-0.3, -0.25) is 4.79 Å². The van der Waals surface area contributed by atoms with Crippen LogP contribution in [0.3, 0.4) is 0 Å². The third kappa shape index (κ3) is 2.80. The van der Waals surface area contributed by atoms with Gasteiger partial charge in [0.2, 0.25) is 9.84 Å². The maximum atomic E-state index is 12.0. The first-order valence-corrected chi connectivity index (χ1v) is 6.61.